The van der Waals surface area contributed by atoms with Crippen LogP contribution in [0.4, 0.5) is 0 Å². The average Bonchev–Trinajstić information content (AvgIpc) is 2.18. The zero-order chi connectivity index (χ0) is 10.1. The van der Waals surface area contributed by atoms with Crippen molar-refractivity contribution in [3.8, 4) is 0 Å². The van der Waals surface area contributed by atoms with Gasteiger partial charge in [-0.3, -0.25) is 9.69 Å². The first-order valence-electron chi connectivity index (χ1n) is 5.27. The van der Waals surface area contributed by atoms with Crippen LogP contribution >= 0.6 is 0 Å². The molecule has 0 aromatic heterocycles. The van der Waals surface area contributed by atoms with Crippen molar-refractivity contribution in [3.63, 3.8) is 0 Å². The van der Waals surface area contributed by atoms with Gasteiger partial charge in [-0.05, 0) is 26.3 Å². The maximum absolute atomic E-state index is 11.7. The van der Waals surface area contributed by atoms with Crippen LogP contribution in [-0.4, -0.2) is 37.1 Å². The van der Waals surface area contributed by atoms with E-state index in [4.69, 9.17) is 4.74 Å². The third-order valence-corrected chi connectivity index (χ3v) is 3.17. The van der Waals surface area contributed by atoms with Crippen LogP contribution in [0, 0.1) is 11.8 Å². The summed E-state index contributed by atoms with van der Waals surface area (Å²) in [6.45, 7) is 3.43. The lowest BCUT2D eigenvalue weighted by molar-refractivity contribution is -0.152. The van der Waals surface area contributed by atoms with E-state index in [-0.39, 0.29) is 17.9 Å². The van der Waals surface area contributed by atoms with E-state index >= 15 is 0 Å². The molecule has 2 heterocycles. The third kappa shape index (κ3) is 1.57. The first kappa shape index (κ1) is 9.71. The smallest absolute Gasteiger partial charge is 0.310 e. The summed E-state index contributed by atoms with van der Waals surface area (Å²) in [4.78, 5) is 13.9. The van der Waals surface area contributed by atoms with E-state index in [1.165, 1.54) is 0 Å². The number of likely N-dealkylation sites (N-methyl/N-ethyl adjacent to an activating group) is 1. The molecule has 3 unspecified atom stereocenters. The molecule has 0 radical (unpaired) electrons. The summed E-state index contributed by atoms with van der Waals surface area (Å²) in [5, 5.41) is 0. The second-order valence-corrected chi connectivity index (χ2v) is 4.17. The van der Waals surface area contributed by atoms with Gasteiger partial charge in [0.15, 0.2) is 0 Å². The van der Waals surface area contributed by atoms with E-state index < -0.39 is 0 Å². The standard InChI is InChI=1S/C11H17NO2/c1-3-14-11(13)9-6-8-4-5-10(9)12(2)7-8/h4-5,8-10H,3,6-7H2,1-2H3. The predicted octanol–water partition coefficient (Wildman–Crippen LogP) is 1.06. The number of hydrogen-bond acceptors (Lipinski definition) is 3. The molecule has 3 aliphatic rings. The topological polar surface area (TPSA) is 29.5 Å². The van der Waals surface area contributed by atoms with Crippen molar-refractivity contribution in [1.29, 1.82) is 0 Å². The lowest BCUT2D eigenvalue weighted by atomic mass is 9.78. The number of rotatable bonds is 2. The summed E-state index contributed by atoms with van der Waals surface area (Å²) >= 11 is 0. The van der Waals surface area contributed by atoms with Crippen LogP contribution in [-0.2, 0) is 9.53 Å². The average molecular weight is 195 g/mol. The Hall–Kier alpha value is -0.830. The number of ether oxygens (including phenoxy) is 1. The van der Waals surface area contributed by atoms with Crippen molar-refractivity contribution in [2.24, 2.45) is 11.8 Å². The summed E-state index contributed by atoms with van der Waals surface area (Å²) in [6, 6.07) is 0.263. The first-order valence-corrected chi connectivity index (χ1v) is 5.27. The highest BCUT2D eigenvalue weighted by Gasteiger charge is 2.40. The molecule has 3 heteroatoms. The quantitative estimate of drug-likeness (QED) is 0.487. The van der Waals surface area contributed by atoms with Gasteiger partial charge in [0.2, 0.25) is 0 Å². The Labute approximate surface area is 84.7 Å². The number of hydrogen-bond donors (Lipinski definition) is 0. The van der Waals surface area contributed by atoms with Crippen LogP contribution in [0.1, 0.15) is 13.3 Å². The van der Waals surface area contributed by atoms with Gasteiger partial charge in [0, 0.05) is 12.6 Å². The molecule has 0 spiro atoms. The van der Waals surface area contributed by atoms with Crippen molar-refractivity contribution < 1.29 is 9.53 Å². The van der Waals surface area contributed by atoms with E-state index in [2.05, 4.69) is 24.1 Å². The Kier molecular flexibility index (Phi) is 2.59. The number of nitrogens with zero attached hydrogens (tertiary/aromatic N) is 1. The summed E-state index contributed by atoms with van der Waals surface area (Å²) < 4.78 is 5.08. The highest BCUT2D eigenvalue weighted by atomic mass is 16.5. The van der Waals surface area contributed by atoms with E-state index in [9.17, 15) is 4.79 Å². The number of esters is 1. The summed E-state index contributed by atoms with van der Waals surface area (Å²) in [7, 11) is 2.08. The number of carbonyl (C=O) groups excluding carboxylic acids is 1. The third-order valence-electron chi connectivity index (χ3n) is 3.17. The molecule has 14 heavy (non-hydrogen) atoms. The number of piperidine rings is 1. The van der Waals surface area contributed by atoms with Gasteiger partial charge in [-0.2, -0.15) is 0 Å². The Morgan fingerprint density at radius 3 is 2.93 bits per heavy atom. The molecule has 0 aromatic rings. The molecule has 0 N–H and O–H groups in total. The molecule has 0 amide bonds. The minimum atomic E-state index is -0.0293. The molecule has 1 saturated heterocycles. The van der Waals surface area contributed by atoms with Crippen molar-refractivity contribution in [2.45, 2.75) is 19.4 Å². The first-order chi connectivity index (χ1) is 6.72. The number of fused-ring (bicyclic) bond motifs is 2. The molecule has 78 valence electrons. The van der Waals surface area contributed by atoms with Crippen LogP contribution in [0.3, 0.4) is 0 Å². The second kappa shape index (κ2) is 3.73. The highest BCUT2D eigenvalue weighted by molar-refractivity contribution is 5.74. The van der Waals surface area contributed by atoms with Gasteiger partial charge in [0.1, 0.15) is 0 Å². The van der Waals surface area contributed by atoms with Gasteiger partial charge in [-0.25, -0.2) is 0 Å². The van der Waals surface area contributed by atoms with Gasteiger partial charge in [0.25, 0.3) is 0 Å². The fourth-order valence-electron chi connectivity index (χ4n) is 2.52. The monoisotopic (exact) mass is 195 g/mol. The van der Waals surface area contributed by atoms with Crippen LogP contribution in [0.2, 0.25) is 0 Å². The van der Waals surface area contributed by atoms with Crippen LogP contribution < -0.4 is 0 Å². The van der Waals surface area contributed by atoms with Crippen molar-refractivity contribution in [3.05, 3.63) is 12.2 Å². The molecule has 2 aliphatic heterocycles. The van der Waals surface area contributed by atoms with Crippen molar-refractivity contribution in [2.75, 3.05) is 20.2 Å². The van der Waals surface area contributed by atoms with Gasteiger partial charge < -0.3 is 4.74 Å². The molecule has 0 aromatic carbocycles. The minimum Gasteiger partial charge on any atom is -0.466 e. The molecule has 3 rings (SSSR count). The Morgan fingerprint density at radius 1 is 1.57 bits per heavy atom. The Morgan fingerprint density at radius 2 is 2.36 bits per heavy atom. The largest absolute Gasteiger partial charge is 0.466 e. The highest BCUT2D eigenvalue weighted by Crippen LogP contribution is 2.33. The Bertz CT molecular complexity index is 262. The van der Waals surface area contributed by atoms with Crippen LogP contribution in [0.5, 0.6) is 0 Å². The van der Waals surface area contributed by atoms with Gasteiger partial charge >= 0.3 is 5.97 Å². The van der Waals surface area contributed by atoms with Crippen molar-refractivity contribution >= 4 is 5.97 Å². The normalized spacial score (nSPS) is 36.0. The Balaban J connectivity index is 2.08. The molecule has 0 saturated carbocycles. The maximum atomic E-state index is 11.7. The molecular weight excluding hydrogens is 178 g/mol. The molecule has 3 atom stereocenters. The lowest BCUT2D eigenvalue weighted by Crippen LogP contribution is -2.51. The number of carbonyl (C=O) groups is 1. The van der Waals surface area contributed by atoms with Gasteiger partial charge in [0.05, 0.1) is 12.5 Å². The molecule has 1 aliphatic carbocycles. The van der Waals surface area contributed by atoms with E-state index in [1.54, 1.807) is 0 Å². The van der Waals surface area contributed by atoms with E-state index in [1.807, 2.05) is 6.92 Å². The molecule has 2 bridgehead atoms. The zero-order valence-corrected chi connectivity index (χ0v) is 8.77. The summed E-state index contributed by atoms with van der Waals surface area (Å²) in [5.41, 5.74) is 0. The van der Waals surface area contributed by atoms with Gasteiger partial charge in [-0.1, -0.05) is 12.2 Å². The summed E-state index contributed by atoms with van der Waals surface area (Å²) in [6.07, 6.45) is 5.35. The molecule has 3 nitrogen and oxygen atoms in total. The minimum absolute atomic E-state index is 0.0293. The van der Waals surface area contributed by atoms with Crippen LogP contribution in [0.15, 0.2) is 12.2 Å². The van der Waals surface area contributed by atoms with E-state index in [0.29, 0.717) is 12.5 Å². The maximum Gasteiger partial charge on any atom is 0.310 e. The second-order valence-electron chi connectivity index (χ2n) is 4.17. The fraction of sp³-hybridized carbons (Fsp3) is 0.727. The van der Waals surface area contributed by atoms with Crippen molar-refractivity contribution in [1.82, 2.24) is 4.90 Å². The van der Waals surface area contributed by atoms with Crippen LogP contribution in [0.25, 0.3) is 0 Å². The SMILES string of the molecule is CCOC(=O)C1CC2C=CC1N(C)C2. The fourth-order valence-corrected chi connectivity index (χ4v) is 2.52. The lowest BCUT2D eigenvalue weighted by Gasteiger charge is -2.43. The molecule has 1 fully saturated rings. The zero-order valence-electron chi connectivity index (χ0n) is 8.77. The molecular formula is C11H17NO2. The van der Waals surface area contributed by atoms with E-state index in [0.717, 1.165) is 13.0 Å². The summed E-state index contributed by atoms with van der Waals surface area (Å²) in [5.74, 6) is 0.571. The van der Waals surface area contributed by atoms with Gasteiger partial charge in [-0.15, -0.1) is 0 Å². The predicted molar refractivity (Wildman–Crippen MR) is 53.8 cm³/mol.